The Morgan fingerprint density at radius 1 is 0.986 bits per heavy atom. The Hall–Kier alpha value is -6.64. The lowest BCUT2D eigenvalue weighted by Crippen LogP contribution is -2.38. The first-order chi connectivity index (χ1) is 34.2. The number of aromatic nitrogens is 3. The quantitative estimate of drug-likeness (QED) is 0.0846. The van der Waals surface area contributed by atoms with Crippen molar-refractivity contribution in [2.75, 3.05) is 57.5 Å². The second-order valence-corrected chi connectivity index (χ2v) is 18.9. The molecule has 12 nitrogen and oxygen atoms in total. The van der Waals surface area contributed by atoms with Gasteiger partial charge in [-0.3, -0.25) is 33.6 Å². The van der Waals surface area contributed by atoms with Crippen LogP contribution < -0.4 is 21.5 Å². The Morgan fingerprint density at radius 3 is 2.42 bits per heavy atom. The minimum Gasteiger partial charge on any atom is -0.388 e. The molecule has 14 heteroatoms. The van der Waals surface area contributed by atoms with Gasteiger partial charge in [-0.25, -0.2) is 8.78 Å². The number of nitrogens with zero attached hydrogens (tertiary/aromatic N) is 7. The summed E-state index contributed by atoms with van der Waals surface area (Å²) in [4.78, 5) is 37.5. The second-order valence-electron chi connectivity index (χ2n) is 18.9. The highest BCUT2D eigenvalue weighted by Crippen LogP contribution is 2.34. The molecule has 376 valence electrons. The topological polar surface area (TPSA) is 115 Å². The van der Waals surface area contributed by atoms with Crippen LogP contribution in [0.4, 0.5) is 20.2 Å². The van der Waals surface area contributed by atoms with Crippen molar-refractivity contribution in [1.29, 1.82) is 0 Å². The van der Waals surface area contributed by atoms with Gasteiger partial charge in [0.1, 0.15) is 11.6 Å². The van der Waals surface area contributed by atoms with Gasteiger partial charge in [0.05, 0.1) is 36.2 Å². The molecular formula is C57H72F2N10O2. The van der Waals surface area contributed by atoms with Crippen LogP contribution in [-0.4, -0.2) is 100 Å². The molecule has 1 amide bonds. The number of pyridine rings is 1. The Labute approximate surface area is 418 Å². The Morgan fingerprint density at radius 2 is 1.76 bits per heavy atom. The summed E-state index contributed by atoms with van der Waals surface area (Å²) in [6.07, 6.45) is 13.4. The van der Waals surface area contributed by atoms with Gasteiger partial charge < -0.3 is 20.9 Å². The second kappa shape index (κ2) is 23.5. The number of benzene rings is 2. The summed E-state index contributed by atoms with van der Waals surface area (Å²) in [5, 5.41) is 14.5. The number of aliphatic imine (C=N–C) groups is 1. The molecule has 0 saturated carbocycles. The predicted molar refractivity (Wildman–Crippen MR) is 287 cm³/mol. The highest BCUT2D eigenvalue weighted by atomic mass is 19.1. The van der Waals surface area contributed by atoms with Crippen molar-refractivity contribution < 1.29 is 13.6 Å². The number of amides is 1. The summed E-state index contributed by atoms with van der Waals surface area (Å²) in [7, 11) is 3.45. The van der Waals surface area contributed by atoms with Crippen LogP contribution in [0.3, 0.4) is 0 Å². The minimum absolute atomic E-state index is 0.0324. The lowest BCUT2D eigenvalue weighted by molar-refractivity contribution is 0.0705. The Kier molecular flexibility index (Phi) is 17.3. The molecule has 2 atom stereocenters. The van der Waals surface area contributed by atoms with E-state index in [4.69, 9.17) is 5.10 Å². The molecule has 6 heterocycles. The van der Waals surface area contributed by atoms with Crippen LogP contribution in [0.5, 0.6) is 0 Å². The molecule has 4 aromatic rings. The third kappa shape index (κ3) is 12.3. The summed E-state index contributed by atoms with van der Waals surface area (Å²) in [5.74, 6) is -0.605. The van der Waals surface area contributed by atoms with Crippen LogP contribution in [-0.2, 0) is 19.6 Å². The fourth-order valence-electron chi connectivity index (χ4n) is 10.2. The highest BCUT2D eigenvalue weighted by molar-refractivity contribution is 5.95. The lowest BCUT2D eigenvalue weighted by atomic mass is 9.88. The predicted octanol–water partition coefficient (Wildman–Crippen LogP) is 10.1. The summed E-state index contributed by atoms with van der Waals surface area (Å²) < 4.78 is 35.1. The largest absolute Gasteiger partial charge is 0.388 e. The van der Waals surface area contributed by atoms with E-state index < -0.39 is 0 Å². The number of anilines is 2. The maximum atomic E-state index is 16.1. The summed E-state index contributed by atoms with van der Waals surface area (Å²) in [6.45, 7) is 27.6. The van der Waals surface area contributed by atoms with Crippen molar-refractivity contribution in [3.05, 3.63) is 171 Å². The first-order valence-corrected chi connectivity index (χ1v) is 25.1. The van der Waals surface area contributed by atoms with E-state index in [1.165, 1.54) is 6.07 Å². The molecule has 0 bridgehead atoms. The number of likely N-dealkylation sites (tertiary alicyclic amines) is 1. The van der Waals surface area contributed by atoms with E-state index >= 15 is 8.78 Å². The van der Waals surface area contributed by atoms with Gasteiger partial charge in [-0.15, -0.1) is 0 Å². The monoisotopic (exact) mass is 967 g/mol. The standard InChI is InChI=1S/C55H66F2N10O2.C2H6/c1-35(27-36(2)52(13-19-58-7)66-24-18-44(59-8)32-53(66)68)40(6)64-22-16-42(17-23-64)54-37(3)28-43(29-50(54)57)55(69)65-25-26-67-47(34-65)30-46(62-67)33-63-20-14-41(15-21-63)48-11-10-45(31-49(48)56)61-51-12-9-38(4)60-39(51)5;1-2/h10-11,13,16,18-19,24,27-32,40-41,51,59-61H,2,4-5,9,12,14-15,17,20-23,25-26,33-34H2,1,3,6-8H3;1-2H3/b35-27+,52-13+,58-19?;. The number of carbonyl (C=O) groups is 1. The van der Waals surface area contributed by atoms with Gasteiger partial charge in [-0.05, 0) is 137 Å². The van der Waals surface area contributed by atoms with Crippen molar-refractivity contribution in [2.45, 2.75) is 104 Å². The number of nitrogens with one attached hydrogen (secondary N) is 3. The van der Waals surface area contributed by atoms with Gasteiger partial charge in [0.2, 0.25) is 0 Å². The van der Waals surface area contributed by atoms with Crippen molar-refractivity contribution in [3.8, 4) is 0 Å². The van der Waals surface area contributed by atoms with Crippen LogP contribution in [0.2, 0.25) is 0 Å². The molecule has 2 unspecified atom stereocenters. The van der Waals surface area contributed by atoms with Crippen molar-refractivity contribution in [3.63, 3.8) is 0 Å². The maximum absolute atomic E-state index is 16.1. The van der Waals surface area contributed by atoms with Gasteiger partial charge in [0.25, 0.3) is 11.5 Å². The zero-order valence-electron chi connectivity index (χ0n) is 42.8. The fraction of sp³-hybridized carbons (Fsp3) is 0.404. The number of allylic oxidation sites excluding steroid dienone is 5. The van der Waals surface area contributed by atoms with Crippen LogP contribution in [0.1, 0.15) is 104 Å². The number of fused-ring (bicyclic) bond motifs is 1. The lowest BCUT2D eigenvalue weighted by Gasteiger charge is -2.33. The van der Waals surface area contributed by atoms with Gasteiger partial charge in [-0.2, -0.15) is 5.10 Å². The number of piperidine rings is 2. The van der Waals surface area contributed by atoms with E-state index in [-0.39, 0.29) is 41.1 Å². The highest BCUT2D eigenvalue weighted by Gasteiger charge is 2.29. The summed E-state index contributed by atoms with van der Waals surface area (Å²) >= 11 is 0. The van der Waals surface area contributed by atoms with Crippen LogP contribution >= 0.6 is 0 Å². The van der Waals surface area contributed by atoms with E-state index in [0.717, 1.165) is 102 Å². The van der Waals surface area contributed by atoms with Crippen LogP contribution in [0.25, 0.3) is 11.3 Å². The zero-order valence-corrected chi connectivity index (χ0v) is 42.8. The molecule has 2 fully saturated rings. The summed E-state index contributed by atoms with van der Waals surface area (Å²) in [5.41, 5.74) is 10.8. The normalized spacial score (nSPS) is 18.9. The minimum atomic E-state index is -0.387. The first-order valence-electron chi connectivity index (χ1n) is 25.1. The molecule has 0 spiro atoms. The van der Waals surface area contributed by atoms with Gasteiger partial charge in [-0.1, -0.05) is 57.4 Å². The SMILES string of the molecule is C=C1CCC(Nc2ccc(C3CCN(Cc4cc5n(n4)CCN(C(=O)c4cc(C)c(C6=CCN(C(C)/C(C)=C/C(=C)/C(=C\C=NC)n7ccc(NC)cc7=O)CC6)c(F)c4)C5)CC3)c(F)c2)C(=C)N1.CC. The molecule has 3 N–H and O–H groups in total. The third-order valence-electron chi connectivity index (χ3n) is 14.3. The van der Waals surface area contributed by atoms with E-state index in [2.05, 4.69) is 76.5 Å². The zero-order chi connectivity index (χ0) is 50.9. The average Bonchev–Trinajstić information content (AvgIpc) is 3.77. The molecular weight excluding hydrogens is 895 g/mol. The van der Waals surface area contributed by atoms with Crippen molar-refractivity contribution >= 4 is 34.8 Å². The number of halogens is 2. The Bertz CT molecular complexity index is 2800. The third-order valence-corrected chi connectivity index (χ3v) is 14.3. The van der Waals surface area contributed by atoms with E-state index in [1.54, 1.807) is 54.2 Å². The molecule has 2 saturated heterocycles. The molecule has 4 aliphatic rings. The number of carbonyl (C=O) groups excluding carboxylic acids is 1. The van der Waals surface area contributed by atoms with E-state index in [9.17, 15) is 9.59 Å². The van der Waals surface area contributed by atoms with Crippen LogP contribution in [0, 0.1) is 18.6 Å². The molecule has 0 radical (unpaired) electrons. The van der Waals surface area contributed by atoms with Crippen molar-refractivity contribution in [2.24, 2.45) is 4.99 Å². The van der Waals surface area contributed by atoms with Crippen molar-refractivity contribution in [1.82, 2.24) is 34.4 Å². The van der Waals surface area contributed by atoms with Crippen LogP contribution in [0.15, 0.2) is 125 Å². The number of hydrogen-bond donors (Lipinski definition) is 3. The van der Waals surface area contributed by atoms with Gasteiger partial charge in [0, 0.05) is 98.7 Å². The molecule has 0 aliphatic carbocycles. The number of rotatable bonds is 14. The molecule has 4 aliphatic heterocycles. The molecule has 2 aromatic carbocycles. The van der Waals surface area contributed by atoms with Gasteiger partial charge >= 0.3 is 0 Å². The summed E-state index contributed by atoms with van der Waals surface area (Å²) in [6, 6.07) is 14.3. The van der Waals surface area contributed by atoms with Gasteiger partial charge in [0.15, 0.2) is 0 Å². The fourth-order valence-corrected chi connectivity index (χ4v) is 10.2. The average molecular weight is 967 g/mol. The number of hydrogen-bond acceptors (Lipinski definition) is 9. The Balaban J connectivity index is 0.00000366. The molecule has 8 rings (SSSR count). The molecule has 71 heavy (non-hydrogen) atoms. The van der Waals surface area contributed by atoms with E-state index in [1.807, 2.05) is 55.8 Å². The smallest absolute Gasteiger partial charge is 0.257 e. The first kappa shape index (κ1) is 52.2. The number of aryl methyl sites for hydroxylation is 1. The molecule has 2 aromatic heterocycles. The maximum Gasteiger partial charge on any atom is 0.257 e. The van der Waals surface area contributed by atoms with E-state index in [0.29, 0.717) is 61.5 Å².